The molecule has 100 valence electrons. The number of hydrogen-bond donors (Lipinski definition) is 1. The molecule has 3 nitrogen and oxygen atoms in total. The predicted octanol–water partition coefficient (Wildman–Crippen LogP) is 2.00. The Morgan fingerprint density at radius 2 is 1.71 bits per heavy atom. The molecular formula is C14H28N2O. The van der Waals surface area contributed by atoms with Gasteiger partial charge < -0.3 is 10.5 Å². The second-order valence-electron chi connectivity index (χ2n) is 5.91. The minimum absolute atomic E-state index is 0.358. The van der Waals surface area contributed by atoms with Crippen LogP contribution in [0.2, 0.25) is 0 Å². The molecule has 0 aromatic carbocycles. The molecule has 3 heteroatoms. The quantitative estimate of drug-likeness (QED) is 0.820. The molecule has 0 bridgehead atoms. The van der Waals surface area contributed by atoms with E-state index in [0.717, 1.165) is 25.6 Å². The summed E-state index contributed by atoms with van der Waals surface area (Å²) in [7, 11) is 0. The lowest BCUT2D eigenvalue weighted by Gasteiger charge is -2.43. The highest BCUT2D eigenvalue weighted by atomic mass is 16.5. The van der Waals surface area contributed by atoms with Gasteiger partial charge in [0.05, 0.1) is 12.2 Å². The zero-order valence-corrected chi connectivity index (χ0v) is 11.4. The molecule has 3 atom stereocenters. The summed E-state index contributed by atoms with van der Waals surface area (Å²) in [6.45, 7) is 7.28. The fraction of sp³-hybridized carbons (Fsp3) is 1.00. The first-order valence-corrected chi connectivity index (χ1v) is 7.30. The largest absolute Gasteiger partial charge is 0.373 e. The Morgan fingerprint density at radius 3 is 2.24 bits per heavy atom. The summed E-state index contributed by atoms with van der Waals surface area (Å²) in [5.74, 6) is 0.825. The van der Waals surface area contributed by atoms with Crippen LogP contribution >= 0.6 is 0 Å². The van der Waals surface area contributed by atoms with E-state index >= 15 is 0 Å². The smallest absolute Gasteiger partial charge is 0.0678 e. The summed E-state index contributed by atoms with van der Waals surface area (Å²) in [5, 5.41) is 0. The van der Waals surface area contributed by atoms with Gasteiger partial charge in [-0.15, -0.1) is 0 Å². The number of nitrogens with zero attached hydrogens (tertiary/aromatic N) is 1. The van der Waals surface area contributed by atoms with E-state index in [1.807, 2.05) is 0 Å². The third-order valence-electron chi connectivity index (χ3n) is 4.35. The van der Waals surface area contributed by atoms with Crippen LogP contribution in [0.25, 0.3) is 0 Å². The number of nitrogens with two attached hydrogens (primary N) is 1. The Bertz CT molecular complexity index is 218. The van der Waals surface area contributed by atoms with Crippen LogP contribution in [0.5, 0.6) is 0 Å². The van der Waals surface area contributed by atoms with Crippen molar-refractivity contribution in [2.45, 2.75) is 64.2 Å². The van der Waals surface area contributed by atoms with Crippen molar-refractivity contribution < 1.29 is 4.74 Å². The lowest BCUT2D eigenvalue weighted by atomic mass is 9.83. The Balaban J connectivity index is 1.96. The van der Waals surface area contributed by atoms with Gasteiger partial charge in [-0.05, 0) is 32.6 Å². The van der Waals surface area contributed by atoms with E-state index in [2.05, 4.69) is 18.7 Å². The van der Waals surface area contributed by atoms with Crippen LogP contribution in [-0.4, -0.2) is 42.8 Å². The van der Waals surface area contributed by atoms with Gasteiger partial charge in [0.2, 0.25) is 0 Å². The van der Waals surface area contributed by atoms with Crippen LogP contribution in [0.1, 0.15) is 46.0 Å². The summed E-state index contributed by atoms with van der Waals surface area (Å²) in [5.41, 5.74) is 6.04. The minimum atomic E-state index is 0.358. The fourth-order valence-corrected chi connectivity index (χ4v) is 3.65. The van der Waals surface area contributed by atoms with Gasteiger partial charge in [-0.3, -0.25) is 4.90 Å². The Labute approximate surface area is 106 Å². The van der Waals surface area contributed by atoms with Crippen LogP contribution < -0.4 is 5.73 Å². The van der Waals surface area contributed by atoms with Crippen LogP contribution in [-0.2, 0) is 4.74 Å². The van der Waals surface area contributed by atoms with E-state index in [1.165, 1.54) is 32.1 Å². The molecule has 0 spiro atoms. The van der Waals surface area contributed by atoms with Crippen molar-refractivity contribution in [2.24, 2.45) is 11.7 Å². The number of rotatable bonds is 3. The molecule has 2 fully saturated rings. The van der Waals surface area contributed by atoms with Crippen molar-refractivity contribution >= 4 is 0 Å². The lowest BCUT2D eigenvalue weighted by Crippen LogP contribution is -2.55. The molecule has 0 amide bonds. The van der Waals surface area contributed by atoms with Crippen LogP contribution in [0.4, 0.5) is 0 Å². The van der Waals surface area contributed by atoms with E-state index in [4.69, 9.17) is 10.5 Å². The van der Waals surface area contributed by atoms with Gasteiger partial charge in [0.25, 0.3) is 0 Å². The summed E-state index contributed by atoms with van der Waals surface area (Å²) in [6.07, 6.45) is 7.69. The van der Waals surface area contributed by atoms with Gasteiger partial charge >= 0.3 is 0 Å². The normalized spacial score (nSPS) is 34.8. The van der Waals surface area contributed by atoms with Gasteiger partial charge in [-0.1, -0.05) is 19.3 Å². The Hall–Kier alpha value is -0.120. The Morgan fingerprint density at radius 1 is 1.12 bits per heavy atom. The first-order chi connectivity index (χ1) is 8.20. The van der Waals surface area contributed by atoms with Gasteiger partial charge in [0.1, 0.15) is 0 Å². The second-order valence-corrected chi connectivity index (χ2v) is 5.91. The zero-order chi connectivity index (χ0) is 12.3. The molecule has 2 aliphatic rings. The van der Waals surface area contributed by atoms with E-state index < -0.39 is 0 Å². The van der Waals surface area contributed by atoms with Crippen LogP contribution in [0, 0.1) is 5.92 Å². The van der Waals surface area contributed by atoms with Crippen molar-refractivity contribution in [3.8, 4) is 0 Å². The van der Waals surface area contributed by atoms with Gasteiger partial charge in [0.15, 0.2) is 0 Å². The summed E-state index contributed by atoms with van der Waals surface area (Å²) in [6, 6.07) is 0.587. The maximum Gasteiger partial charge on any atom is 0.0678 e. The van der Waals surface area contributed by atoms with Gasteiger partial charge in [-0.25, -0.2) is 0 Å². The van der Waals surface area contributed by atoms with Crippen molar-refractivity contribution in [2.75, 3.05) is 19.6 Å². The first-order valence-electron chi connectivity index (χ1n) is 7.30. The van der Waals surface area contributed by atoms with Crippen molar-refractivity contribution in [3.63, 3.8) is 0 Å². The SMILES string of the molecule is CC1CN(C(CN)C2CCCCC2)CC(C)O1. The number of morpholine rings is 1. The average Bonchev–Trinajstić information content (AvgIpc) is 2.30. The molecule has 1 heterocycles. The summed E-state index contributed by atoms with van der Waals surface area (Å²) in [4.78, 5) is 2.59. The fourth-order valence-electron chi connectivity index (χ4n) is 3.65. The molecule has 0 radical (unpaired) electrons. The standard InChI is InChI=1S/C14H28N2O/c1-11-9-16(10-12(2)17-11)14(8-15)13-6-4-3-5-7-13/h11-14H,3-10,15H2,1-2H3. The third kappa shape index (κ3) is 3.43. The van der Waals surface area contributed by atoms with Crippen molar-refractivity contribution in [1.82, 2.24) is 4.90 Å². The highest BCUT2D eigenvalue weighted by molar-refractivity contribution is 4.86. The molecular weight excluding hydrogens is 212 g/mol. The molecule has 3 unspecified atom stereocenters. The molecule has 2 rings (SSSR count). The molecule has 1 saturated heterocycles. The monoisotopic (exact) mass is 240 g/mol. The van der Waals surface area contributed by atoms with E-state index in [0.29, 0.717) is 18.2 Å². The van der Waals surface area contributed by atoms with Crippen LogP contribution in [0.15, 0.2) is 0 Å². The molecule has 0 aromatic heterocycles. The van der Waals surface area contributed by atoms with E-state index in [9.17, 15) is 0 Å². The molecule has 17 heavy (non-hydrogen) atoms. The van der Waals surface area contributed by atoms with Crippen molar-refractivity contribution in [3.05, 3.63) is 0 Å². The minimum Gasteiger partial charge on any atom is -0.373 e. The number of hydrogen-bond acceptors (Lipinski definition) is 3. The second kappa shape index (κ2) is 6.17. The predicted molar refractivity (Wildman–Crippen MR) is 71.0 cm³/mol. The topological polar surface area (TPSA) is 38.5 Å². The molecule has 1 aliphatic heterocycles. The summed E-state index contributed by atoms with van der Waals surface area (Å²) < 4.78 is 5.82. The highest BCUT2D eigenvalue weighted by Crippen LogP contribution is 2.30. The lowest BCUT2D eigenvalue weighted by molar-refractivity contribution is -0.0875. The first kappa shape index (κ1) is 13.3. The molecule has 2 N–H and O–H groups in total. The maximum atomic E-state index is 6.04. The average molecular weight is 240 g/mol. The molecule has 0 aromatic rings. The third-order valence-corrected chi connectivity index (χ3v) is 4.35. The Kier molecular flexibility index (Phi) is 4.83. The van der Waals surface area contributed by atoms with E-state index in [-0.39, 0.29) is 0 Å². The van der Waals surface area contributed by atoms with Crippen molar-refractivity contribution in [1.29, 1.82) is 0 Å². The van der Waals surface area contributed by atoms with Crippen LogP contribution in [0.3, 0.4) is 0 Å². The zero-order valence-electron chi connectivity index (χ0n) is 11.4. The molecule has 1 aliphatic carbocycles. The van der Waals surface area contributed by atoms with Gasteiger partial charge in [-0.2, -0.15) is 0 Å². The molecule has 1 saturated carbocycles. The maximum absolute atomic E-state index is 6.04. The van der Waals surface area contributed by atoms with E-state index in [1.54, 1.807) is 0 Å². The summed E-state index contributed by atoms with van der Waals surface area (Å²) >= 11 is 0. The highest BCUT2D eigenvalue weighted by Gasteiger charge is 2.32. The van der Waals surface area contributed by atoms with Gasteiger partial charge in [0, 0.05) is 25.7 Å². The number of ether oxygens (including phenoxy) is 1.